The Labute approximate surface area is 137 Å². The van der Waals surface area contributed by atoms with Gasteiger partial charge in [0.15, 0.2) is 0 Å². The zero-order valence-electron chi connectivity index (χ0n) is 12.8. The number of aromatic amines is 1. The molecule has 1 N–H and O–H groups in total. The Hall–Kier alpha value is -2.57. The van der Waals surface area contributed by atoms with Gasteiger partial charge in [0.25, 0.3) is 0 Å². The van der Waals surface area contributed by atoms with Gasteiger partial charge in [-0.15, -0.1) is 0 Å². The minimum atomic E-state index is -4.44. The summed E-state index contributed by atoms with van der Waals surface area (Å²) in [6.07, 6.45) is -0.289. The number of aromatic nitrogens is 2. The normalized spacial score (nSPS) is 18.0. The number of benzene rings is 1. The van der Waals surface area contributed by atoms with Crippen LogP contribution in [0.4, 0.5) is 13.2 Å². The first-order valence-electron chi connectivity index (χ1n) is 7.56. The molecule has 1 aromatic carbocycles. The maximum absolute atomic E-state index is 13.2. The van der Waals surface area contributed by atoms with Gasteiger partial charge < -0.3 is 9.88 Å². The van der Waals surface area contributed by atoms with E-state index in [1.165, 1.54) is 24.4 Å². The number of imidazole rings is 1. The number of nitrogens with one attached hydrogen (secondary N) is 1. The molecule has 0 spiro atoms. The van der Waals surface area contributed by atoms with Gasteiger partial charge in [-0.3, -0.25) is 4.79 Å². The summed E-state index contributed by atoms with van der Waals surface area (Å²) in [5, 5.41) is 0. The standard InChI is InChI=1S/C17H16F3N3O/c1-2-15(24)23-9-5-8-14(23)16-21-10-13(22-16)11-6-3-4-7-12(11)17(18,19)20/h2-4,6-7,10,14H,1,5,8-9H2,(H,21,22). The predicted octanol–water partition coefficient (Wildman–Crippen LogP) is 3.95. The number of likely N-dealkylation sites (tertiary alicyclic amines) is 1. The van der Waals surface area contributed by atoms with Crippen LogP contribution in [-0.2, 0) is 11.0 Å². The lowest BCUT2D eigenvalue weighted by atomic mass is 10.0. The lowest BCUT2D eigenvalue weighted by Gasteiger charge is -2.21. The molecule has 0 radical (unpaired) electrons. The van der Waals surface area contributed by atoms with Crippen LogP contribution in [0.5, 0.6) is 0 Å². The summed E-state index contributed by atoms with van der Waals surface area (Å²) in [5.41, 5.74) is -0.384. The highest BCUT2D eigenvalue weighted by molar-refractivity contribution is 5.87. The van der Waals surface area contributed by atoms with E-state index in [0.717, 1.165) is 12.5 Å². The van der Waals surface area contributed by atoms with E-state index >= 15 is 0 Å². The van der Waals surface area contributed by atoms with Gasteiger partial charge in [-0.25, -0.2) is 4.98 Å². The number of nitrogens with zero attached hydrogens (tertiary/aromatic N) is 2. The van der Waals surface area contributed by atoms with Gasteiger partial charge in [-0.2, -0.15) is 13.2 Å². The number of halogens is 3. The summed E-state index contributed by atoms with van der Waals surface area (Å²) < 4.78 is 39.5. The van der Waals surface area contributed by atoms with Gasteiger partial charge in [0.1, 0.15) is 5.82 Å². The third kappa shape index (κ3) is 2.93. The summed E-state index contributed by atoms with van der Waals surface area (Å²) >= 11 is 0. The number of alkyl halides is 3. The van der Waals surface area contributed by atoms with Crippen molar-refractivity contribution in [3.63, 3.8) is 0 Å². The molecule has 1 aliphatic rings. The Morgan fingerprint density at radius 2 is 2.12 bits per heavy atom. The third-order valence-electron chi connectivity index (χ3n) is 4.14. The van der Waals surface area contributed by atoms with Crippen molar-refractivity contribution in [1.29, 1.82) is 0 Å². The monoisotopic (exact) mass is 335 g/mol. The van der Waals surface area contributed by atoms with Crippen molar-refractivity contribution in [2.24, 2.45) is 0 Å². The molecule has 126 valence electrons. The molecule has 2 aromatic rings. The summed E-state index contributed by atoms with van der Waals surface area (Å²) in [7, 11) is 0. The molecule has 1 fully saturated rings. The SMILES string of the molecule is C=CC(=O)N1CCCC1c1ncc(-c2ccccc2C(F)(F)F)[nH]1. The molecular weight excluding hydrogens is 319 g/mol. The largest absolute Gasteiger partial charge is 0.417 e. The van der Waals surface area contributed by atoms with Crippen LogP contribution < -0.4 is 0 Å². The molecule has 1 aliphatic heterocycles. The molecule has 0 saturated carbocycles. The van der Waals surface area contributed by atoms with Crippen LogP contribution in [0.15, 0.2) is 43.1 Å². The van der Waals surface area contributed by atoms with E-state index in [1.54, 1.807) is 11.0 Å². The van der Waals surface area contributed by atoms with Gasteiger partial charge in [0.2, 0.25) is 5.91 Å². The molecule has 0 aliphatic carbocycles. The number of carbonyl (C=O) groups excluding carboxylic acids is 1. The zero-order chi connectivity index (χ0) is 17.3. The van der Waals surface area contributed by atoms with Crippen molar-refractivity contribution in [3.05, 3.63) is 54.5 Å². The Balaban J connectivity index is 1.95. The van der Waals surface area contributed by atoms with E-state index < -0.39 is 11.7 Å². The fourth-order valence-corrected chi connectivity index (χ4v) is 3.04. The highest BCUT2D eigenvalue weighted by atomic mass is 19.4. The topological polar surface area (TPSA) is 49.0 Å². The molecule has 1 aromatic heterocycles. The van der Waals surface area contributed by atoms with E-state index in [4.69, 9.17) is 0 Å². The van der Waals surface area contributed by atoms with Gasteiger partial charge >= 0.3 is 6.18 Å². The van der Waals surface area contributed by atoms with E-state index in [1.807, 2.05) is 0 Å². The van der Waals surface area contributed by atoms with E-state index in [0.29, 0.717) is 18.8 Å². The molecule has 24 heavy (non-hydrogen) atoms. The maximum atomic E-state index is 13.2. The van der Waals surface area contributed by atoms with Crippen molar-refractivity contribution in [1.82, 2.24) is 14.9 Å². The van der Waals surface area contributed by atoms with Crippen LogP contribution in [0.2, 0.25) is 0 Å². The van der Waals surface area contributed by atoms with Gasteiger partial charge in [-0.1, -0.05) is 24.8 Å². The van der Waals surface area contributed by atoms with E-state index in [2.05, 4.69) is 16.5 Å². The summed E-state index contributed by atoms with van der Waals surface area (Å²) in [4.78, 5) is 20.7. The predicted molar refractivity (Wildman–Crippen MR) is 82.9 cm³/mol. The summed E-state index contributed by atoms with van der Waals surface area (Å²) in [6.45, 7) is 4.07. The fourth-order valence-electron chi connectivity index (χ4n) is 3.04. The molecular formula is C17H16F3N3O. The second kappa shape index (κ2) is 6.14. The van der Waals surface area contributed by atoms with Crippen LogP contribution in [-0.4, -0.2) is 27.3 Å². The first-order valence-corrected chi connectivity index (χ1v) is 7.56. The van der Waals surface area contributed by atoms with Crippen molar-refractivity contribution in [2.45, 2.75) is 25.1 Å². The molecule has 2 heterocycles. The first-order chi connectivity index (χ1) is 11.4. The number of hydrogen-bond acceptors (Lipinski definition) is 2. The number of amides is 1. The van der Waals surface area contributed by atoms with Gasteiger partial charge in [0, 0.05) is 12.1 Å². The van der Waals surface area contributed by atoms with Gasteiger partial charge in [0.05, 0.1) is 23.5 Å². The van der Waals surface area contributed by atoms with E-state index in [9.17, 15) is 18.0 Å². The molecule has 3 rings (SSSR count). The zero-order valence-corrected chi connectivity index (χ0v) is 12.8. The fraction of sp³-hybridized carbons (Fsp3) is 0.294. The maximum Gasteiger partial charge on any atom is 0.417 e. The van der Waals surface area contributed by atoms with Crippen LogP contribution in [0.1, 0.15) is 30.3 Å². The number of hydrogen-bond donors (Lipinski definition) is 1. The van der Waals surface area contributed by atoms with Crippen LogP contribution in [0.25, 0.3) is 11.3 Å². The smallest absolute Gasteiger partial charge is 0.340 e. The van der Waals surface area contributed by atoms with Crippen LogP contribution in [0, 0.1) is 0 Å². The molecule has 4 nitrogen and oxygen atoms in total. The first kappa shape index (κ1) is 16.3. The van der Waals surface area contributed by atoms with Gasteiger partial charge in [-0.05, 0) is 25.0 Å². The lowest BCUT2D eigenvalue weighted by molar-refractivity contribution is -0.137. The second-order valence-electron chi connectivity index (χ2n) is 5.62. The Morgan fingerprint density at radius 3 is 2.83 bits per heavy atom. The Morgan fingerprint density at radius 1 is 1.38 bits per heavy atom. The quantitative estimate of drug-likeness (QED) is 0.864. The minimum Gasteiger partial charge on any atom is -0.340 e. The number of rotatable bonds is 3. The lowest BCUT2D eigenvalue weighted by Crippen LogP contribution is -2.29. The average Bonchev–Trinajstić information content (AvgIpc) is 3.22. The van der Waals surface area contributed by atoms with Crippen molar-refractivity contribution >= 4 is 5.91 Å². The third-order valence-corrected chi connectivity index (χ3v) is 4.14. The van der Waals surface area contributed by atoms with E-state index in [-0.39, 0.29) is 23.2 Å². The highest BCUT2D eigenvalue weighted by Gasteiger charge is 2.35. The number of H-pyrrole nitrogens is 1. The molecule has 1 unspecified atom stereocenters. The second-order valence-corrected chi connectivity index (χ2v) is 5.62. The molecule has 1 saturated heterocycles. The minimum absolute atomic E-state index is 0.0448. The van der Waals surface area contributed by atoms with Crippen molar-refractivity contribution in [3.8, 4) is 11.3 Å². The highest BCUT2D eigenvalue weighted by Crippen LogP contribution is 2.37. The molecule has 7 heteroatoms. The van der Waals surface area contributed by atoms with Crippen LogP contribution >= 0.6 is 0 Å². The molecule has 1 amide bonds. The average molecular weight is 335 g/mol. The Bertz CT molecular complexity index is 766. The summed E-state index contributed by atoms with van der Waals surface area (Å²) in [6, 6.07) is 5.09. The molecule has 0 bridgehead atoms. The van der Waals surface area contributed by atoms with Crippen molar-refractivity contribution in [2.75, 3.05) is 6.54 Å². The summed E-state index contributed by atoms with van der Waals surface area (Å²) in [5.74, 6) is 0.292. The van der Waals surface area contributed by atoms with Crippen molar-refractivity contribution < 1.29 is 18.0 Å². The molecule has 1 atom stereocenters. The number of carbonyl (C=O) groups is 1. The Kier molecular flexibility index (Phi) is 4.17. The van der Waals surface area contributed by atoms with Crippen LogP contribution in [0.3, 0.4) is 0 Å².